The number of carbonyl (C=O) groups is 1. The van der Waals surface area contributed by atoms with Crippen molar-refractivity contribution in [3.63, 3.8) is 0 Å². The van der Waals surface area contributed by atoms with Gasteiger partial charge in [0.05, 0.1) is 0 Å². The van der Waals surface area contributed by atoms with E-state index < -0.39 is 12.2 Å². The van der Waals surface area contributed by atoms with Gasteiger partial charge in [0.25, 0.3) is 0 Å². The Morgan fingerprint density at radius 1 is 1.10 bits per heavy atom. The lowest BCUT2D eigenvalue weighted by atomic mass is 10.0. The van der Waals surface area contributed by atoms with Crippen molar-refractivity contribution in [2.24, 2.45) is 5.73 Å². The van der Waals surface area contributed by atoms with Gasteiger partial charge in [-0.05, 0) is 35.4 Å². The molecule has 5 heteroatoms. The largest absolute Gasteiger partial charge is 0.441 e. The van der Waals surface area contributed by atoms with Crippen LogP contribution in [0.25, 0.3) is 0 Å². The average Bonchev–Trinajstić information content (AvgIpc) is 2.40. The minimum absolute atomic E-state index is 0.479. The van der Waals surface area contributed by atoms with Crippen molar-refractivity contribution in [2.75, 3.05) is 0 Å². The molecule has 1 amide bonds. The van der Waals surface area contributed by atoms with Crippen LogP contribution in [-0.4, -0.2) is 6.09 Å². The molecule has 0 radical (unpaired) electrons. The smallest absolute Gasteiger partial charge is 0.405 e. The second-order valence-electron chi connectivity index (χ2n) is 4.31. The molecule has 0 aromatic heterocycles. The minimum atomic E-state index is -0.816. The summed E-state index contributed by atoms with van der Waals surface area (Å²) in [5, 5.41) is 1.24. The second kappa shape index (κ2) is 6.64. The number of benzene rings is 2. The van der Waals surface area contributed by atoms with Gasteiger partial charge in [0, 0.05) is 16.5 Å². The normalized spacial score (nSPS) is 11.9. The number of primary amides is 1. The average molecular weight is 310 g/mol. The molecule has 0 fully saturated rings. The lowest BCUT2D eigenvalue weighted by Crippen LogP contribution is -2.19. The van der Waals surface area contributed by atoms with Crippen molar-refractivity contribution < 1.29 is 9.53 Å². The SMILES string of the molecule is NC(=O)OC(Cc1ccc(Cl)cc1)c1cccc(Cl)c1. The topological polar surface area (TPSA) is 52.3 Å². The van der Waals surface area contributed by atoms with Crippen LogP contribution in [0.1, 0.15) is 17.2 Å². The zero-order valence-electron chi connectivity index (χ0n) is 10.6. The van der Waals surface area contributed by atoms with E-state index >= 15 is 0 Å². The maximum atomic E-state index is 11.1. The van der Waals surface area contributed by atoms with Crippen molar-refractivity contribution in [3.05, 3.63) is 69.7 Å². The van der Waals surface area contributed by atoms with Crippen LogP contribution in [0.3, 0.4) is 0 Å². The van der Waals surface area contributed by atoms with Gasteiger partial charge in [-0.15, -0.1) is 0 Å². The third kappa shape index (κ3) is 4.15. The predicted molar refractivity (Wildman–Crippen MR) is 80.0 cm³/mol. The van der Waals surface area contributed by atoms with Gasteiger partial charge in [-0.1, -0.05) is 47.5 Å². The molecule has 0 saturated carbocycles. The fourth-order valence-corrected chi connectivity index (χ4v) is 2.23. The van der Waals surface area contributed by atoms with E-state index in [2.05, 4.69) is 0 Å². The number of amides is 1. The molecule has 2 aromatic carbocycles. The molecular weight excluding hydrogens is 297 g/mol. The summed E-state index contributed by atoms with van der Waals surface area (Å²) >= 11 is 11.8. The number of hydrogen-bond donors (Lipinski definition) is 1. The molecule has 0 bridgehead atoms. The Morgan fingerprint density at radius 3 is 2.40 bits per heavy atom. The highest BCUT2D eigenvalue weighted by molar-refractivity contribution is 6.30. The summed E-state index contributed by atoms with van der Waals surface area (Å²) in [5.74, 6) is 0. The Labute approximate surface area is 127 Å². The number of hydrogen-bond acceptors (Lipinski definition) is 2. The summed E-state index contributed by atoms with van der Waals surface area (Å²) in [4.78, 5) is 11.1. The van der Waals surface area contributed by atoms with Gasteiger partial charge in [-0.25, -0.2) is 4.79 Å². The molecule has 0 spiro atoms. The molecule has 0 aliphatic carbocycles. The van der Waals surface area contributed by atoms with E-state index in [1.165, 1.54) is 0 Å². The van der Waals surface area contributed by atoms with Crippen LogP contribution in [-0.2, 0) is 11.2 Å². The zero-order chi connectivity index (χ0) is 14.5. The van der Waals surface area contributed by atoms with Crippen LogP contribution < -0.4 is 5.73 Å². The molecule has 3 nitrogen and oxygen atoms in total. The van der Waals surface area contributed by atoms with E-state index in [9.17, 15) is 4.79 Å². The van der Waals surface area contributed by atoms with E-state index in [1.807, 2.05) is 18.2 Å². The first-order chi connectivity index (χ1) is 9.54. The van der Waals surface area contributed by atoms with Gasteiger partial charge >= 0.3 is 6.09 Å². The highest BCUT2D eigenvalue weighted by Crippen LogP contribution is 2.25. The van der Waals surface area contributed by atoms with Gasteiger partial charge in [0.2, 0.25) is 0 Å². The maximum Gasteiger partial charge on any atom is 0.405 e. The maximum absolute atomic E-state index is 11.1. The fourth-order valence-electron chi connectivity index (χ4n) is 1.91. The summed E-state index contributed by atoms with van der Waals surface area (Å²) in [6.45, 7) is 0. The summed E-state index contributed by atoms with van der Waals surface area (Å²) in [5.41, 5.74) is 6.92. The Kier molecular flexibility index (Phi) is 4.88. The van der Waals surface area contributed by atoms with E-state index in [1.54, 1.807) is 30.3 Å². The van der Waals surface area contributed by atoms with Crippen LogP contribution in [0.4, 0.5) is 4.79 Å². The van der Waals surface area contributed by atoms with Crippen LogP contribution in [0.15, 0.2) is 48.5 Å². The van der Waals surface area contributed by atoms with Crippen LogP contribution in [0, 0.1) is 0 Å². The standard InChI is InChI=1S/C15H13Cl2NO2/c16-12-6-4-10(5-7-12)8-14(20-15(18)19)11-2-1-3-13(17)9-11/h1-7,9,14H,8H2,(H2,18,19). The summed E-state index contributed by atoms with van der Waals surface area (Å²) in [6.07, 6.45) is -0.795. The summed E-state index contributed by atoms with van der Waals surface area (Å²) in [6, 6.07) is 14.5. The second-order valence-corrected chi connectivity index (χ2v) is 5.18. The molecule has 104 valence electrons. The van der Waals surface area contributed by atoms with Crippen molar-refractivity contribution >= 4 is 29.3 Å². The number of nitrogens with two attached hydrogens (primary N) is 1. The monoisotopic (exact) mass is 309 g/mol. The number of halogens is 2. The van der Waals surface area contributed by atoms with E-state index in [-0.39, 0.29) is 0 Å². The first-order valence-corrected chi connectivity index (χ1v) is 6.76. The molecule has 2 aromatic rings. The Bertz CT molecular complexity index is 599. The third-order valence-corrected chi connectivity index (χ3v) is 3.30. The van der Waals surface area contributed by atoms with Crippen LogP contribution >= 0.6 is 23.2 Å². The predicted octanol–water partition coefficient (Wildman–Crippen LogP) is 4.37. The highest BCUT2D eigenvalue weighted by atomic mass is 35.5. The Hall–Kier alpha value is -1.71. The molecule has 0 saturated heterocycles. The van der Waals surface area contributed by atoms with Crippen molar-refractivity contribution in [3.8, 4) is 0 Å². The van der Waals surface area contributed by atoms with Gasteiger partial charge in [0.15, 0.2) is 0 Å². The van der Waals surface area contributed by atoms with Crippen LogP contribution in [0.5, 0.6) is 0 Å². The molecule has 20 heavy (non-hydrogen) atoms. The first-order valence-electron chi connectivity index (χ1n) is 6.00. The fraction of sp³-hybridized carbons (Fsp3) is 0.133. The van der Waals surface area contributed by atoms with E-state index in [0.717, 1.165) is 11.1 Å². The Balaban J connectivity index is 2.23. The number of rotatable bonds is 4. The highest BCUT2D eigenvalue weighted by Gasteiger charge is 2.16. The van der Waals surface area contributed by atoms with E-state index in [0.29, 0.717) is 16.5 Å². The molecule has 1 atom stereocenters. The summed E-state index contributed by atoms with van der Waals surface area (Å²) < 4.78 is 5.17. The first kappa shape index (κ1) is 14.7. The van der Waals surface area contributed by atoms with Crippen molar-refractivity contribution in [2.45, 2.75) is 12.5 Å². The van der Waals surface area contributed by atoms with Crippen LogP contribution in [0.2, 0.25) is 10.0 Å². The molecule has 0 heterocycles. The molecule has 2 rings (SSSR count). The number of carbonyl (C=O) groups excluding carboxylic acids is 1. The number of ether oxygens (including phenoxy) is 1. The molecular formula is C15H13Cl2NO2. The third-order valence-electron chi connectivity index (χ3n) is 2.81. The van der Waals surface area contributed by atoms with Gasteiger partial charge in [-0.3, -0.25) is 0 Å². The van der Waals surface area contributed by atoms with Gasteiger partial charge in [-0.2, -0.15) is 0 Å². The van der Waals surface area contributed by atoms with Gasteiger partial charge < -0.3 is 10.5 Å². The Morgan fingerprint density at radius 2 is 1.80 bits per heavy atom. The van der Waals surface area contributed by atoms with Gasteiger partial charge in [0.1, 0.15) is 6.10 Å². The molecule has 2 N–H and O–H groups in total. The molecule has 0 aliphatic heterocycles. The zero-order valence-corrected chi connectivity index (χ0v) is 12.1. The minimum Gasteiger partial charge on any atom is -0.441 e. The lowest BCUT2D eigenvalue weighted by molar-refractivity contribution is 0.106. The van der Waals surface area contributed by atoms with Crippen molar-refractivity contribution in [1.29, 1.82) is 0 Å². The molecule has 0 aliphatic rings. The summed E-state index contributed by atoms with van der Waals surface area (Å²) in [7, 11) is 0. The van der Waals surface area contributed by atoms with E-state index in [4.69, 9.17) is 33.7 Å². The quantitative estimate of drug-likeness (QED) is 0.911. The lowest BCUT2D eigenvalue weighted by Gasteiger charge is -2.17. The molecule has 1 unspecified atom stereocenters. The van der Waals surface area contributed by atoms with Crippen molar-refractivity contribution in [1.82, 2.24) is 0 Å².